The van der Waals surface area contributed by atoms with Crippen molar-refractivity contribution >= 4 is 11.7 Å². The lowest BCUT2D eigenvalue weighted by molar-refractivity contribution is 0.240. The standard InChI is InChI=1S/C16H18N6O/c1-11-14(22-8-4-3-5-15(22)20-11)10-19-16(23)18-9-13-6-7-17-12(2)21-13/h3-8H,9-10H2,1-2H3,(H2,18,19,23). The lowest BCUT2D eigenvalue weighted by Crippen LogP contribution is -2.35. The zero-order valence-electron chi connectivity index (χ0n) is 13.1. The van der Waals surface area contributed by atoms with Gasteiger partial charge in [0.25, 0.3) is 0 Å². The van der Waals surface area contributed by atoms with Crippen molar-refractivity contribution in [2.75, 3.05) is 0 Å². The van der Waals surface area contributed by atoms with Crippen LogP contribution in [0.15, 0.2) is 36.7 Å². The Balaban J connectivity index is 1.59. The summed E-state index contributed by atoms with van der Waals surface area (Å²) in [4.78, 5) is 24.7. The van der Waals surface area contributed by atoms with Gasteiger partial charge in [-0.1, -0.05) is 6.07 Å². The molecular formula is C16H18N6O. The van der Waals surface area contributed by atoms with E-state index in [1.807, 2.05) is 42.6 Å². The number of pyridine rings is 1. The number of rotatable bonds is 4. The first-order valence-corrected chi connectivity index (χ1v) is 7.36. The fourth-order valence-corrected chi connectivity index (χ4v) is 2.38. The molecule has 118 valence electrons. The molecule has 3 rings (SSSR count). The van der Waals surface area contributed by atoms with Crippen molar-refractivity contribution in [1.82, 2.24) is 30.0 Å². The topological polar surface area (TPSA) is 84.2 Å². The summed E-state index contributed by atoms with van der Waals surface area (Å²) in [5.74, 6) is 0.686. The van der Waals surface area contributed by atoms with Gasteiger partial charge in [0.2, 0.25) is 0 Å². The van der Waals surface area contributed by atoms with Crippen molar-refractivity contribution in [3.05, 3.63) is 59.6 Å². The highest BCUT2D eigenvalue weighted by Gasteiger charge is 2.09. The molecule has 0 spiro atoms. The van der Waals surface area contributed by atoms with Gasteiger partial charge in [0, 0.05) is 12.4 Å². The van der Waals surface area contributed by atoms with Crippen LogP contribution >= 0.6 is 0 Å². The molecule has 3 heterocycles. The van der Waals surface area contributed by atoms with E-state index in [1.165, 1.54) is 0 Å². The van der Waals surface area contributed by atoms with Crippen LogP contribution in [0.4, 0.5) is 4.79 Å². The van der Waals surface area contributed by atoms with Gasteiger partial charge in [-0.05, 0) is 32.0 Å². The summed E-state index contributed by atoms with van der Waals surface area (Å²) in [6.07, 6.45) is 3.62. The Kier molecular flexibility index (Phi) is 4.18. The van der Waals surface area contributed by atoms with Crippen molar-refractivity contribution in [2.24, 2.45) is 0 Å². The van der Waals surface area contributed by atoms with E-state index in [4.69, 9.17) is 0 Å². The van der Waals surface area contributed by atoms with Crippen LogP contribution in [0.3, 0.4) is 0 Å². The van der Waals surface area contributed by atoms with Crippen molar-refractivity contribution in [2.45, 2.75) is 26.9 Å². The molecule has 0 saturated carbocycles. The van der Waals surface area contributed by atoms with E-state index >= 15 is 0 Å². The van der Waals surface area contributed by atoms with Crippen LogP contribution in [0.2, 0.25) is 0 Å². The van der Waals surface area contributed by atoms with Crippen LogP contribution in [-0.2, 0) is 13.1 Å². The van der Waals surface area contributed by atoms with Crippen molar-refractivity contribution < 1.29 is 4.79 Å². The van der Waals surface area contributed by atoms with Crippen LogP contribution in [-0.4, -0.2) is 25.4 Å². The summed E-state index contributed by atoms with van der Waals surface area (Å²) < 4.78 is 1.98. The summed E-state index contributed by atoms with van der Waals surface area (Å²) in [6, 6.07) is 7.35. The summed E-state index contributed by atoms with van der Waals surface area (Å²) in [5, 5.41) is 5.63. The largest absolute Gasteiger partial charge is 0.333 e. The Bertz CT molecular complexity index is 841. The average Bonchev–Trinajstić information content (AvgIpc) is 2.86. The summed E-state index contributed by atoms with van der Waals surface area (Å²) >= 11 is 0. The minimum atomic E-state index is -0.244. The van der Waals surface area contributed by atoms with E-state index in [1.54, 1.807) is 12.3 Å². The highest BCUT2D eigenvalue weighted by molar-refractivity contribution is 5.73. The molecule has 3 aromatic rings. The molecule has 0 atom stereocenters. The SMILES string of the molecule is Cc1nccc(CNC(=O)NCc2c(C)nc3ccccn23)n1. The normalized spacial score (nSPS) is 10.7. The van der Waals surface area contributed by atoms with Crippen LogP contribution in [0, 0.1) is 13.8 Å². The zero-order chi connectivity index (χ0) is 16.2. The van der Waals surface area contributed by atoms with Crippen molar-refractivity contribution in [3.63, 3.8) is 0 Å². The summed E-state index contributed by atoms with van der Waals surface area (Å²) in [5.41, 5.74) is 3.52. The van der Waals surface area contributed by atoms with Gasteiger partial charge in [0.1, 0.15) is 11.5 Å². The van der Waals surface area contributed by atoms with Gasteiger partial charge < -0.3 is 15.0 Å². The van der Waals surface area contributed by atoms with E-state index in [-0.39, 0.29) is 6.03 Å². The third kappa shape index (κ3) is 3.45. The average molecular weight is 310 g/mol. The molecular weight excluding hydrogens is 292 g/mol. The number of carbonyl (C=O) groups is 1. The number of aromatic nitrogens is 4. The Morgan fingerprint density at radius 2 is 1.96 bits per heavy atom. The third-order valence-corrected chi connectivity index (χ3v) is 3.51. The van der Waals surface area contributed by atoms with Crippen LogP contribution in [0.1, 0.15) is 22.9 Å². The third-order valence-electron chi connectivity index (χ3n) is 3.51. The zero-order valence-corrected chi connectivity index (χ0v) is 13.1. The highest BCUT2D eigenvalue weighted by Crippen LogP contribution is 2.11. The Morgan fingerprint density at radius 1 is 1.13 bits per heavy atom. The lowest BCUT2D eigenvalue weighted by Gasteiger charge is -2.08. The second-order valence-corrected chi connectivity index (χ2v) is 5.20. The maximum absolute atomic E-state index is 11.9. The maximum Gasteiger partial charge on any atom is 0.315 e. The number of urea groups is 1. The first-order chi connectivity index (χ1) is 11.1. The molecule has 2 N–H and O–H groups in total. The number of aryl methyl sites for hydroxylation is 2. The number of amides is 2. The molecule has 23 heavy (non-hydrogen) atoms. The van der Waals surface area contributed by atoms with E-state index in [0.717, 1.165) is 22.7 Å². The molecule has 0 fully saturated rings. The number of hydrogen-bond acceptors (Lipinski definition) is 4. The first kappa shape index (κ1) is 15.0. The summed E-state index contributed by atoms with van der Waals surface area (Å²) in [7, 11) is 0. The predicted molar refractivity (Wildman–Crippen MR) is 85.8 cm³/mol. The van der Waals surface area contributed by atoms with Gasteiger partial charge in [-0.2, -0.15) is 0 Å². The number of nitrogens with zero attached hydrogens (tertiary/aromatic N) is 4. The molecule has 0 aliphatic carbocycles. The number of fused-ring (bicyclic) bond motifs is 1. The molecule has 3 aromatic heterocycles. The molecule has 7 nitrogen and oxygen atoms in total. The molecule has 0 aliphatic rings. The predicted octanol–water partition coefficient (Wildman–Crippen LogP) is 1.74. The first-order valence-electron chi connectivity index (χ1n) is 7.36. The minimum Gasteiger partial charge on any atom is -0.333 e. The molecule has 0 saturated heterocycles. The molecule has 2 amide bonds. The smallest absolute Gasteiger partial charge is 0.315 e. The Morgan fingerprint density at radius 3 is 2.78 bits per heavy atom. The second kappa shape index (κ2) is 6.43. The van der Waals surface area contributed by atoms with Crippen LogP contribution in [0.25, 0.3) is 5.65 Å². The number of imidazole rings is 1. The van der Waals surface area contributed by atoms with Gasteiger partial charge in [-0.3, -0.25) is 0 Å². The van der Waals surface area contributed by atoms with E-state index < -0.39 is 0 Å². The van der Waals surface area contributed by atoms with Gasteiger partial charge in [-0.25, -0.2) is 19.7 Å². The molecule has 0 radical (unpaired) electrons. The van der Waals surface area contributed by atoms with Gasteiger partial charge in [-0.15, -0.1) is 0 Å². The fraction of sp³-hybridized carbons (Fsp3) is 0.250. The molecule has 0 aliphatic heterocycles. The van der Waals surface area contributed by atoms with Gasteiger partial charge in [0.05, 0.1) is 30.2 Å². The quantitative estimate of drug-likeness (QED) is 0.769. The van der Waals surface area contributed by atoms with E-state index in [0.29, 0.717) is 18.9 Å². The molecule has 0 bridgehead atoms. The maximum atomic E-state index is 11.9. The number of nitrogens with one attached hydrogen (secondary N) is 2. The minimum absolute atomic E-state index is 0.244. The fourth-order valence-electron chi connectivity index (χ4n) is 2.38. The van der Waals surface area contributed by atoms with E-state index in [9.17, 15) is 4.79 Å². The molecule has 7 heteroatoms. The van der Waals surface area contributed by atoms with E-state index in [2.05, 4.69) is 25.6 Å². The monoisotopic (exact) mass is 310 g/mol. The number of hydrogen-bond donors (Lipinski definition) is 2. The van der Waals surface area contributed by atoms with Crippen molar-refractivity contribution in [3.8, 4) is 0 Å². The van der Waals surface area contributed by atoms with Gasteiger partial charge in [0.15, 0.2) is 0 Å². The Labute approximate surface area is 133 Å². The highest BCUT2D eigenvalue weighted by atomic mass is 16.2. The number of carbonyl (C=O) groups excluding carboxylic acids is 1. The lowest BCUT2D eigenvalue weighted by atomic mass is 10.3. The molecule has 0 aromatic carbocycles. The van der Waals surface area contributed by atoms with Gasteiger partial charge >= 0.3 is 6.03 Å². The summed E-state index contributed by atoms with van der Waals surface area (Å²) in [6.45, 7) is 4.52. The van der Waals surface area contributed by atoms with Crippen molar-refractivity contribution in [1.29, 1.82) is 0 Å². The van der Waals surface area contributed by atoms with Crippen LogP contribution < -0.4 is 10.6 Å². The Hall–Kier alpha value is -2.96. The second-order valence-electron chi connectivity index (χ2n) is 5.20. The molecule has 0 unspecified atom stereocenters. The van der Waals surface area contributed by atoms with Crippen LogP contribution in [0.5, 0.6) is 0 Å².